The molecule has 5 heteroatoms. The highest BCUT2D eigenvalue weighted by Gasteiger charge is 2.33. The van der Waals surface area contributed by atoms with Crippen molar-refractivity contribution >= 4 is 0 Å². The van der Waals surface area contributed by atoms with Gasteiger partial charge in [-0.05, 0) is 42.9 Å². The van der Waals surface area contributed by atoms with Crippen molar-refractivity contribution in [2.45, 2.75) is 45.4 Å². The zero-order chi connectivity index (χ0) is 14.8. The molecule has 1 nitrogen and oxygen atoms in total. The molecule has 1 aliphatic rings. The minimum Gasteiger partial charge on any atom is -0.403 e. The summed E-state index contributed by atoms with van der Waals surface area (Å²) >= 11 is 0. The Hall–Kier alpha value is -1.52. The van der Waals surface area contributed by atoms with E-state index in [1.165, 1.54) is 11.6 Å². The van der Waals surface area contributed by atoms with E-state index in [0.29, 0.717) is 18.4 Å². The molecule has 0 unspecified atom stereocenters. The fourth-order valence-corrected chi connectivity index (χ4v) is 2.39. The number of ether oxygens (including phenoxy) is 1. The van der Waals surface area contributed by atoms with Gasteiger partial charge in [-0.15, -0.1) is 13.2 Å². The number of benzene rings is 1. The van der Waals surface area contributed by atoms with Crippen LogP contribution >= 0.6 is 0 Å². The lowest BCUT2D eigenvalue weighted by atomic mass is 9.89. The van der Waals surface area contributed by atoms with Crippen LogP contribution < -0.4 is 4.74 Å². The Morgan fingerprint density at radius 2 is 2.00 bits per heavy atom. The number of alkyl halides is 3. The molecule has 110 valence electrons. The van der Waals surface area contributed by atoms with Gasteiger partial charge in [0.05, 0.1) is 0 Å². The lowest BCUT2D eigenvalue weighted by Gasteiger charge is -2.19. The maximum Gasteiger partial charge on any atom is 0.573 e. The molecule has 0 saturated heterocycles. The maximum atomic E-state index is 14.0. The molecule has 0 aliphatic heterocycles. The van der Waals surface area contributed by atoms with Gasteiger partial charge in [-0.3, -0.25) is 0 Å². The average molecular weight is 288 g/mol. The predicted molar refractivity (Wildman–Crippen MR) is 68.1 cm³/mol. The minimum absolute atomic E-state index is 0.312. The summed E-state index contributed by atoms with van der Waals surface area (Å²) in [4.78, 5) is 0. The molecular formula is C15H16F4O. The first-order valence-corrected chi connectivity index (χ1v) is 6.64. The number of rotatable bonds is 4. The molecule has 0 heterocycles. The number of hydrogen-bond donors (Lipinski definition) is 0. The first-order chi connectivity index (χ1) is 9.40. The lowest BCUT2D eigenvalue weighted by molar-refractivity contribution is -0.275. The van der Waals surface area contributed by atoms with Crippen molar-refractivity contribution in [3.63, 3.8) is 0 Å². The fraction of sp³-hybridized carbons (Fsp3) is 0.467. The monoisotopic (exact) mass is 288 g/mol. The smallest absolute Gasteiger partial charge is 0.403 e. The Balaban J connectivity index is 2.19. The van der Waals surface area contributed by atoms with E-state index >= 15 is 0 Å². The van der Waals surface area contributed by atoms with Gasteiger partial charge in [0, 0.05) is 0 Å². The summed E-state index contributed by atoms with van der Waals surface area (Å²) in [5, 5.41) is 0. The van der Waals surface area contributed by atoms with Crippen molar-refractivity contribution in [1.29, 1.82) is 0 Å². The standard InChI is InChI=1S/C15H16F4O/c1-2-3-4-10-5-7-12-11(9-10)6-8-13(14(12)16)20-15(17,18)19/h5-6,8H,2-4,7,9H2,1H3. The summed E-state index contributed by atoms with van der Waals surface area (Å²) < 4.78 is 54.2. The van der Waals surface area contributed by atoms with Crippen LogP contribution in [0.5, 0.6) is 5.75 Å². The second-order valence-electron chi connectivity index (χ2n) is 4.91. The second-order valence-corrected chi connectivity index (χ2v) is 4.91. The van der Waals surface area contributed by atoms with Gasteiger partial charge < -0.3 is 4.74 Å². The summed E-state index contributed by atoms with van der Waals surface area (Å²) in [6, 6.07) is 2.59. The van der Waals surface area contributed by atoms with Gasteiger partial charge in [0.2, 0.25) is 0 Å². The highest BCUT2D eigenvalue weighted by atomic mass is 19.4. The van der Waals surface area contributed by atoms with E-state index in [1.54, 1.807) is 0 Å². The number of unbranched alkanes of at least 4 members (excludes halogenated alkanes) is 1. The van der Waals surface area contributed by atoms with E-state index in [2.05, 4.69) is 11.7 Å². The zero-order valence-electron chi connectivity index (χ0n) is 11.2. The predicted octanol–water partition coefficient (Wildman–Crippen LogP) is 4.94. The van der Waals surface area contributed by atoms with Crippen molar-refractivity contribution in [2.24, 2.45) is 0 Å². The Labute approximate surface area is 115 Å². The van der Waals surface area contributed by atoms with Gasteiger partial charge in [-0.25, -0.2) is 4.39 Å². The minimum atomic E-state index is -4.87. The molecule has 0 fully saturated rings. The van der Waals surface area contributed by atoms with Crippen LogP contribution in [0, 0.1) is 5.82 Å². The van der Waals surface area contributed by atoms with Crippen molar-refractivity contribution in [1.82, 2.24) is 0 Å². The van der Waals surface area contributed by atoms with Crippen LogP contribution in [-0.2, 0) is 12.8 Å². The van der Waals surface area contributed by atoms with Crippen molar-refractivity contribution in [3.05, 3.63) is 40.7 Å². The summed E-state index contributed by atoms with van der Waals surface area (Å²) in [7, 11) is 0. The lowest BCUT2D eigenvalue weighted by Crippen LogP contribution is -2.19. The van der Waals surface area contributed by atoms with Crippen LogP contribution in [0.2, 0.25) is 0 Å². The van der Waals surface area contributed by atoms with E-state index in [0.717, 1.165) is 30.9 Å². The molecule has 0 radical (unpaired) electrons. The first kappa shape index (κ1) is 14.9. The van der Waals surface area contributed by atoms with Crippen molar-refractivity contribution in [3.8, 4) is 5.75 Å². The SMILES string of the molecule is CCCCC1=CCc2c(ccc(OC(F)(F)F)c2F)C1. The van der Waals surface area contributed by atoms with Gasteiger partial charge in [-0.2, -0.15) is 0 Å². The average Bonchev–Trinajstić information content (AvgIpc) is 2.38. The third-order valence-corrected chi connectivity index (χ3v) is 3.39. The maximum absolute atomic E-state index is 14.0. The molecular weight excluding hydrogens is 272 g/mol. The Morgan fingerprint density at radius 3 is 2.65 bits per heavy atom. The molecule has 0 amide bonds. The normalized spacial score (nSPS) is 14.8. The van der Waals surface area contributed by atoms with E-state index in [4.69, 9.17) is 0 Å². The largest absolute Gasteiger partial charge is 0.573 e. The Kier molecular flexibility index (Phi) is 4.35. The molecule has 0 aromatic heterocycles. The third-order valence-electron chi connectivity index (χ3n) is 3.39. The number of allylic oxidation sites excluding steroid dienone is 2. The first-order valence-electron chi connectivity index (χ1n) is 6.64. The molecule has 2 rings (SSSR count). The van der Waals surface area contributed by atoms with Crippen LogP contribution in [0.4, 0.5) is 17.6 Å². The van der Waals surface area contributed by atoms with Crippen LogP contribution in [0.25, 0.3) is 0 Å². The van der Waals surface area contributed by atoms with Gasteiger partial charge in [0.25, 0.3) is 0 Å². The van der Waals surface area contributed by atoms with Crippen LogP contribution in [0.15, 0.2) is 23.8 Å². The Morgan fingerprint density at radius 1 is 1.25 bits per heavy atom. The molecule has 0 spiro atoms. The molecule has 1 aliphatic carbocycles. The Bertz CT molecular complexity index is 517. The number of hydrogen-bond acceptors (Lipinski definition) is 1. The molecule has 0 bridgehead atoms. The van der Waals surface area contributed by atoms with E-state index < -0.39 is 17.9 Å². The van der Waals surface area contributed by atoms with Crippen molar-refractivity contribution < 1.29 is 22.3 Å². The summed E-state index contributed by atoms with van der Waals surface area (Å²) in [6.45, 7) is 2.09. The fourth-order valence-electron chi connectivity index (χ4n) is 2.39. The molecule has 20 heavy (non-hydrogen) atoms. The number of halogens is 4. The summed E-state index contributed by atoms with van der Waals surface area (Å²) in [5.74, 6) is -1.65. The molecule has 0 saturated carbocycles. The summed E-state index contributed by atoms with van der Waals surface area (Å²) in [5.41, 5.74) is 2.29. The van der Waals surface area contributed by atoms with E-state index in [9.17, 15) is 17.6 Å². The highest BCUT2D eigenvalue weighted by molar-refractivity contribution is 5.43. The highest BCUT2D eigenvalue weighted by Crippen LogP contribution is 2.33. The molecule has 0 atom stereocenters. The molecule has 1 aromatic rings. The summed E-state index contributed by atoms with van der Waals surface area (Å²) in [6.07, 6.45) is 1.09. The molecule has 0 N–H and O–H groups in total. The van der Waals surface area contributed by atoms with Gasteiger partial charge in [-0.1, -0.05) is 31.1 Å². The van der Waals surface area contributed by atoms with Crippen LogP contribution in [0.3, 0.4) is 0 Å². The number of fused-ring (bicyclic) bond motifs is 1. The van der Waals surface area contributed by atoms with Gasteiger partial charge >= 0.3 is 6.36 Å². The van der Waals surface area contributed by atoms with Crippen LogP contribution in [-0.4, -0.2) is 6.36 Å². The zero-order valence-corrected chi connectivity index (χ0v) is 11.2. The molecule has 1 aromatic carbocycles. The topological polar surface area (TPSA) is 9.23 Å². The second kappa shape index (κ2) is 5.85. The van der Waals surface area contributed by atoms with Gasteiger partial charge in [0.15, 0.2) is 11.6 Å². The van der Waals surface area contributed by atoms with E-state index in [1.807, 2.05) is 6.08 Å². The third kappa shape index (κ3) is 3.52. The quantitative estimate of drug-likeness (QED) is 0.563. The van der Waals surface area contributed by atoms with Crippen molar-refractivity contribution in [2.75, 3.05) is 0 Å². The van der Waals surface area contributed by atoms with Gasteiger partial charge in [0.1, 0.15) is 0 Å². The van der Waals surface area contributed by atoms with E-state index in [-0.39, 0.29) is 0 Å². The van der Waals surface area contributed by atoms with Crippen LogP contribution in [0.1, 0.15) is 37.3 Å².